The van der Waals surface area contributed by atoms with Crippen molar-refractivity contribution in [1.29, 1.82) is 0 Å². The van der Waals surface area contributed by atoms with E-state index < -0.39 is 18.1 Å². The Bertz CT molecular complexity index is 510. The van der Waals surface area contributed by atoms with Gasteiger partial charge in [-0.05, 0) is 25.3 Å². The molecule has 0 aromatic heterocycles. The van der Waals surface area contributed by atoms with Gasteiger partial charge in [-0.25, -0.2) is 4.79 Å². The van der Waals surface area contributed by atoms with E-state index in [1.165, 1.54) is 0 Å². The number of rotatable bonds is 9. The first-order chi connectivity index (χ1) is 11.5. The highest BCUT2D eigenvalue weighted by Gasteiger charge is 2.23. The lowest BCUT2D eigenvalue weighted by Crippen LogP contribution is -2.47. The smallest absolute Gasteiger partial charge is 0.314 e. The molecule has 0 aliphatic rings. The van der Waals surface area contributed by atoms with Crippen molar-refractivity contribution in [3.8, 4) is 0 Å². The van der Waals surface area contributed by atoms with Crippen molar-refractivity contribution < 1.29 is 14.7 Å². The van der Waals surface area contributed by atoms with Crippen molar-refractivity contribution in [1.82, 2.24) is 16.0 Å². The fourth-order valence-electron chi connectivity index (χ4n) is 2.27. The van der Waals surface area contributed by atoms with Gasteiger partial charge in [-0.1, -0.05) is 36.8 Å². The van der Waals surface area contributed by atoms with Crippen LogP contribution in [0.3, 0.4) is 0 Å². The molecule has 24 heavy (non-hydrogen) atoms. The van der Waals surface area contributed by atoms with E-state index in [0.29, 0.717) is 19.4 Å². The standard InChI is InChI=1S/C17H28N4O3/c1-12(13-8-4-3-5-9-13)21-16(23)15(22)14(18)10-6-7-11-20-17(24)19-2/h3-5,8-9,12,14-15,22H,6-7,10-11,18H2,1-2H3,(H,21,23)(H2,19,20,24)/t12-,14+,15?/m1/s1. The third-order valence-electron chi connectivity index (χ3n) is 3.81. The molecule has 1 unspecified atom stereocenters. The SMILES string of the molecule is CNC(=O)NCCCC[C@H](N)C(O)C(=O)N[C@H](C)c1ccccc1. The highest BCUT2D eigenvalue weighted by molar-refractivity contribution is 5.81. The number of carbonyl (C=O) groups is 2. The molecule has 1 aromatic carbocycles. The van der Waals surface area contributed by atoms with Crippen LogP contribution in [0.4, 0.5) is 4.79 Å². The molecular formula is C17H28N4O3. The highest BCUT2D eigenvalue weighted by Crippen LogP contribution is 2.12. The number of carbonyl (C=O) groups excluding carboxylic acids is 2. The van der Waals surface area contributed by atoms with Gasteiger partial charge in [0.25, 0.3) is 5.91 Å². The molecule has 3 atom stereocenters. The van der Waals surface area contributed by atoms with Gasteiger partial charge in [0.05, 0.1) is 6.04 Å². The van der Waals surface area contributed by atoms with Gasteiger partial charge in [0.2, 0.25) is 0 Å². The molecule has 0 saturated heterocycles. The van der Waals surface area contributed by atoms with Crippen molar-refractivity contribution in [3.05, 3.63) is 35.9 Å². The minimum atomic E-state index is -1.25. The maximum atomic E-state index is 12.1. The highest BCUT2D eigenvalue weighted by atomic mass is 16.3. The summed E-state index contributed by atoms with van der Waals surface area (Å²) in [6.45, 7) is 2.38. The van der Waals surface area contributed by atoms with Crippen LogP contribution in [0.2, 0.25) is 0 Å². The van der Waals surface area contributed by atoms with E-state index in [4.69, 9.17) is 5.73 Å². The Kier molecular flexibility index (Phi) is 8.81. The van der Waals surface area contributed by atoms with Gasteiger partial charge in [-0.3, -0.25) is 4.79 Å². The fourth-order valence-corrected chi connectivity index (χ4v) is 2.27. The molecule has 3 amide bonds. The molecular weight excluding hydrogens is 308 g/mol. The van der Waals surface area contributed by atoms with Gasteiger partial charge < -0.3 is 26.8 Å². The summed E-state index contributed by atoms with van der Waals surface area (Å²) in [5.41, 5.74) is 6.85. The number of urea groups is 1. The third-order valence-corrected chi connectivity index (χ3v) is 3.81. The lowest BCUT2D eigenvalue weighted by Gasteiger charge is -2.21. The first-order valence-electron chi connectivity index (χ1n) is 8.20. The lowest BCUT2D eigenvalue weighted by molar-refractivity contribution is -0.131. The van der Waals surface area contributed by atoms with Crippen LogP contribution < -0.4 is 21.7 Å². The summed E-state index contributed by atoms with van der Waals surface area (Å²) >= 11 is 0. The summed E-state index contributed by atoms with van der Waals surface area (Å²) < 4.78 is 0. The predicted molar refractivity (Wildman–Crippen MR) is 93.3 cm³/mol. The summed E-state index contributed by atoms with van der Waals surface area (Å²) in [6, 6.07) is 8.47. The van der Waals surface area contributed by atoms with Crippen molar-refractivity contribution in [2.24, 2.45) is 5.73 Å². The molecule has 134 valence electrons. The van der Waals surface area contributed by atoms with Crippen molar-refractivity contribution in [2.75, 3.05) is 13.6 Å². The van der Waals surface area contributed by atoms with Crippen LogP contribution in [0.5, 0.6) is 0 Å². The number of benzene rings is 1. The van der Waals surface area contributed by atoms with Gasteiger partial charge in [0.1, 0.15) is 6.10 Å². The van der Waals surface area contributed by atoms with Crippen molar-refractivity contribution in [2.45, 2.75) is 44.4 Å². The molecule has 0 spiro atoms. The minimum Gasteiger partial charge on any atom is -0.382 e. The fraction of sp³-hybridized carbons (Fsp3) is 0.529. The van der Waals surface area contributed by atoms with Crippen LogP contribution in [0, 0.1) is 0 Å². The maximum absolute atomic E-state index is 12.1. The maximum Gasteiger partial charge on any atom is 0.314 e. The van der Waals surface area contributed by atoms with E-state index in [9.17, 15) is 14.7 Å². The number of amides is 3. The normalized spacial score (nSPS) is 14.3. The van der Waals surface area contributed by atoms with Gasteiger partial charge >= 0.3 is 6.03 Å². The van der Waals surface area contributed by atoms with E-state index in [2.05, 4.69) is 16.0 Å². The molecule has 0 aliphatic carbocycles. The first-order valence-corrected chi connectivity index (χ1v) is 8.20. The zero-order valence-corrected chi connectivity index (χ0v) is 14.3. The molecule has 0 heterocycles. The average molecular weight is 336 g/mol. The van der Waals surface area contributed by atoms with E-state index in [0.717, 1.165) is 12.0 Å². The molecule has 0 bridgehead atoms. The second-order valence-corrected chi connectivity index (χ2v) is 5.75. The van der Waals surface area contributed by atoms with Gasteiger partial charge in [-0.15, -0.1) is 0 Å². The van der Waals surface area contributed by atoms with Crippen LogP contribution in [-0.4, -0.2) is 42.8 Å². The second-order valence-electron chi connectivity index (χ2n) is 5.75. The molecule has 0 aliphatic heterocycles. The average Bonchev–Trinajstić information content (AvgIpc) is 2.60. The van der Waals surface area contributed by atoms with Crippen LogP contribution >= 0.6 is 0 Å². The Hall–Kier alpha value is -2.12. The zero-order chi connectivity index (χ0) is 17.9. The van der Waals surface area contributed by atoms with E-state index in [1.807, 2.05) is 37.3 Å². The first kappa shape index (κ1) is 19.9. The Morgan fingerprint density at radius 3 is 2.50 bits per heavy atom. The predicted octanol–water partition coefficient (Wildman–Crippen LogP) is 0.651. The summed E-state index contributed by atoms with van der Waals surface area (Å²) in [5, 5.41) is 17.9. The van der Waals surface area contributed by atoms with E-state index in [-0.39, 0.29) is 12.1 Å². The number of nitrogens with one attached hydrogen (secondary N) is 3. The van der Waals surface area contributed by atoms with Gasteiger partial charge in [0.15, 0.2) is 0 Å². The second kappa shape index (κ2) is 10.6. The number of nitrogens with two attached hydrogens (primary N) is 1. The number of aliphatic hydroxyl groups excluding tert-OH is 1. The molecule has 6 N–H and O–H groups in total. The Balaban J connectivity index is 2.30. The third kappa shape index (κ3) is 6.97. The molecule has 7 heteroatoms. The lowest BCUT2D eigenvalue weighted by atomic mass is 10.0. The minimum absolute atomic E-state index is 0.197. The Labute approximate surface area is 143 Å². The summed E-state index contributed by atoms with van der Waals surface area (Å²) in [5.74, 6) is -0.470. The zero-order valence-electron chi connectivity index (χ0n) is 14.3. The molecule has 1 rings (SSSR count). The Morgan fingerprint density at radius 1 is 1.21 bits per heavy atom. The van der Waals surface area contributed by atoms with Gasteiger partial charge in [0, 0.05) is 19.6 Å². The molecule has 7 nitrogen and oxygen atoms in total. The molecule has 1 aromatic rings. The summed E-state index contributed by atoms with van der Waals surface area (Å²) in [6.07, 6.45) is 0.701. The van der Waals surface area contributed by atoms with E-state index >= 15 is 0 Å². The number of aliphatic hydroxyl groups is 1. The molecule has 0 radical (unpaired) electrons. The molecule has 0 fully saturated rings. The largest absolute Gasteiger partial charge is 0.382 e. The van der Waals surface area contributed by atoms with Crippen LogP contribution in [0.15, 0.2) is 30.3 Å². The van der Waals surface area contributed by atoms with Gasteiger partial charge in [-0.2, -0.15) is 0 Å². The Morgan fingerprint density at radius 2 is 1.88 bits per heavy atom. The van der Waals surface area contributed by atoms with Crippen molar-refractivity contribution in [3.63, 3.8) is 0 Å². The summed E-state index contributed by atoms with van der Waals surface area (Å²) in [7, 11) is 1.55. The quantitative estimate of drug-likeness (QED) is 0.426. The van der Waals surface area contributed by atoms with Crippen molar-refractivity contribution >= 4 is 11.9 Å². The van der Waals surface area contributed by atoms with E-state index in [1.54, 1.807) is 7.05 Å². The topological polar surface area (TPSA) is 116 Å². The van der Waals surface area contributed by atoms with Crippen LogP contribution in [0.25, 0.3) is 0 Å². The van der Waals surface area contributed by atoms with Crippen LogP contribution in [-0.2, 0) is 4.79 Å². The monoisotopic (exact) mass is 336 g/mol. The van der Waals surface area contributed by atoms with Crippen LogP contribution in [0.1, 0.15) is 37.8 Å². The number of hydrogen-bond acceptors (Lipinski definition) is 4. The summed E-state index contributed by atoms with van der Waals surface area (Å²) in [4.78, 5) is 23.1. The number of unbranched alkanes of at least 4 members (excludes halogenated alkanes) is 1. The number of hydrogen-bond donors (Lipinski definition) is 5. The molecule has 0 saturated carbocycles.